The number of tetrazole rings is 1. The molecule has 1 aliphatic rings. The van der Waals surface area contributed by atoms with E-state index in [0.29, 0.717) is 18.8 Å². The van der Waals surface area contributed by atoms with Gasteiger partial charge in [0.25, 0.3) is 0 Å². The van der Waals surface area contributed by atoms with E-state index < -0.39 is 9.84 Å². The van der Waals surface area contributed by atoms with Crippen molar-refractivity contribution in [3.8, 4) is 0 Å². The average Bonchev–Trinajstić information content (AvgIpc) is 3.05. The van der Waals surface area contributed by atoms with Crippen LogP contribution in [0.4, 0.5) is 0 Å². The Hall–Kier alpha value is -1.51. The fourth-order valence-corrected chi connectivity index (χ4v) is 4.66. The molecular formula is C15H27N5O3S. The zero-order chi connectivity index (χ0) is 18.0. The van der Waals surface area contributed by atoms with Crippen molar-refractivity contribution in [1.29, 1.82) is 0 Å². The van der Waals surface area contributed by atoms with E-state index in [1.165, 1.54) is 4.68 Å². The molecule has 0 bridgehead atoms. The first-order valence-corrected chi connectivity index (χ1v) is 10.2. The van der Waals surface area contributed by atoms with Crippen molar-refractivity contribution in [3.05, 3.63) is 5.82 Å². The van der Waals surface area contributed by atoms with Crippen molar-refractivity contribution in [3.63, 3.8) is 0 Å². The van der Waals surface area contributed by atoms with Crippen LogP contribution in [0.3, 0.4) is 0 Å². The number of rotatable bonds is 6. The lowest BCUT2D eigenvalue weighted by atomic mass is 9.96. The second-order valence-corrected chi connectivity index (χ2v) is 9.64. The van der Waals surface area contributed by atoms with Gasteiger partial charge in [0.15, 0.2) is 15.7 Å². The second-order valence-electron chi connectivity index (χ2n) is 7.41. The van der Waals surface area contributed by atoms with Gasteiger partial charge >= 0.3 is 0 Å². The maximum absolute atomic E-state index is 12.8. The van der Waals surface area contributed by atoms with Crippen LogP contribution in [0, 0.1) is 0 Å². The van der Waals surface area contributed by atoms with Crippen molar-refractivity contribution in [1.82, 2.24) is 25.1 Å². The molecule has 24 heavy (non-hydrogen) atoms. The van der Waals surface area contributed by atoms with Gasteiger partial charge in [0.05, 0.1) is 11.5 Å². The number of amides is 1. The fourth-order valence-electron chi connectivity index (χ4n) is 2.93. The highest BCUT2D eigenvalue weighted by atomic mass is 32.2. The van der Waals surface area contributed by atoms with Gasteiger partial charge in [0, 0.05) is 18.0 Å². The predicted octanol–water partition coefficient (Wildman–Crippen LogP) is 0.786. The van der Waals surface area contributed by atoms with E-state index in [2.05, 4.69) is 15.5 Å². The Morgan fingerprint density at radius 3 is 2.62 bits per heavy atom. The summed E-state index contributed by atoms with van der Waals surface area (Å²) in [5.74, 6) is 0.740. The minimum absolute atomic E-state index is 0.0415. The summed E-state index contributed by atoms with van der Waals surface area (Å²) < 4.78 is 25.1. The van der Waals surface area contributed by atoms with Gasteiger partial charge in [-0.15, -0.1) is 5.10 Å². The molecule has 2 rings (SSSR count). The van der Waals surface area contributed by atoms with Gasteiger partial charge in [0.2, 0.25) is 5.91 Å². The summed E-state index contributed by atoms with van der Waals surface area (Å²) >= 11 is 0. The molecule has 1 fully saturated rings. The molecule has 0 radical (unpaired) electrons. The van der Waals surface area contributed by atoms with Gasteiger partial charge in [-0.1, -0.05) is 34.1 Å². The molecule has 136 valence electrons. The molecule has 1 aliphatic heterocycles. The largest absolute Gasteiger partial charge is 0.337 e. The van der Waals surface area contributed by atoms with Crippen molar-refractivity contribution in [2.24, 2.45) is 0 Å². The van der Waals surface area contributed by atoms with Crippen molar-refractivity contribution in [2.45, 2.75) is 65.0 Å². The minimum Gasteiger partial charge on any atom is -0.337 e. The second kappa shape index (κ2) is 7.16. The zero-order valence-electron chi connectivity index (χ0n) is 14.9. The van der Waals surface area contributed by atoms with E-state index in [1.54, 1.807) is 4.90 Å². The highest BCUT2D eigenvalue weighted by Crippen LogP contribution is 2.21. The Morgan fingerprint density at radius 2 is 2.08 bits per heavy atom. The van der Waals surface area contributed by atoms with Gasteiger partial charge < -0.3 is 4.90 Å². The van der Waals surface area contributed by atoms with Crippen molar-refractivity contribution in [2.75, 3.05) is 18.1 Å². The molecule has 2 heterocycles. The number of carbonyl (C=O) groups is 1. The van der Waals surface area contributed by atoms with Gasteiger partial charge in [-0.3, -0.25) is 4.79 Å². The van der Waals surface area contributed by atoms with Crippen LogP contribution in [-0.2, 0) is 26.6 Å². The summed E-state index contributed by atoms with van der Waals surface area (Å²) in [6.45, 7) is 8.61. The number of carbonyl (C=O) groups excluding carboxylic acids is 1. The van der Waals surface area contributed by atoms with Gasteiger partial charge in [-0.2, -0.15) is 0 Å². The van der Waals surface area contributed by atoms with Crippen LogP contribution in [0.5, 0.6) is 0 Å². The van der Waals surface area contributed by atoms with Crippen molar-refractivity contribution >= 4 is 15.7 Å². The van der Waals surface area contributed by atoms with Crippen molar-refractivity contribution < 1.29 is 13.2 Å². The number of hydrogen-bond donors (Lipinski definition) is 0. The first-order chi connectivity index (χ1) is 11.1. The van der Waals surface area contributed by atoms with E-state index in [-0.39, 0.29) is 35.4 Å². The third-order valence-corrected chi connectivity index (χ3v) is 5.96. The summed E-state index contributed by atoms with van der Waals surface area (Å²) in [6, 6.07) is -0.233. The normalized spacial score (nSPS) is 20.2. The predicted molar refractivity (Wildman–Crippen MR) is 90.2 cm³/mol. The summed E-state index contributed by atoms with van der Waals surface area (Å²) in [5.41, 5.74) is -0.269. The smallest absolute Gasteiger partial charge is 0.244 e. The lowest BCUT2D eigenvalue weighted by molar-refractivity contribution is -0.134. The first-order valence-electron chi connectivity index (χ1n) is 8.40. The third kappa shape index (κ3) is 4.52. The molecule has 0 N–H and O–H groups in total. The average molecular weight is 357 g/mol. The lowest BCUT2D eigenvalue weighted by Crippen LogP contribution is -2.44. The van der Waals surface area contributed by atoms with Gasteiger partial charge in [-0.25, -0.2) is 13.1 Å². The molecule has 0 saturated carbocycles. The Bertz CT molecular complexity index is 678. The molecule has 1 amide bonds. The van der Waals surface area contributed by atoms with Crippen LogP contribution < -0.4 is 0 Å². The van der Waals surface area contributed by atoms with E-state index in [1.807, 2.05) is 27.7 Å². The Balaban J connectivity index is 2.15. The molecule has 0 aliphatic carbocycles. The van der Waals surface area contributed by atoms with E-state index in [0.717, 1.165) is 12.8 Å². The third-order valence-electron chi connectivity index (χ3n) is 4.21. The van der Waals surface area contributed by atoms with E-state index in [9.17, 15) is 13.2 Å². The van der Waals surface area contributed by atoms with E-state index >= 15 is 0 Å². The summed E-state index contributed by atoms with van der Waals surface area (Å²) in [6.07, 6.45) is 2.31. The number of hydrogen-bond acceptors (Lipinski definition) is 6. The molecule has 8 nitrogen and oxygen atoms in total. The monoisotopic (exact) mass is 357 g/mol. The quantitative estimate of drug-likeness (QED) is 0.746. The summed E-state index contributed by atoms with van der Waals surface area (Å²) in [7, 11) is -3.03. The SMILES string of the molecule is CCCCN(C(=O)Cn1nnnc1C(C)(C)C)C1CCS(=O)(=O)C1. The Kier molecular flexibility index (Phi) is 5.62. The number of nitrogens with zero attached hydrogens (tertiary/aromatic N) is 5. The summed E-state index contributed by atoms with van der Waals surface area (Å²) in [4.78, 5) is 14.5. The number of aromatic nitrogens is 4. The standard InChI is InChI=1S/C15H27N5O3S/c1-5-6-8-19(12-7-9-24(22,23)11-12)13(21)10-20-14(15(2,3)4)16-17-18-20/h12H,5-11H2,1-4H3. The molecule has 1 saturated heterocycles. The molecule has 9 heteroatoms. The first kappa shape index (κ1) is 18.8. The number of unbranched alkanes of at least 4 members (excludes halogenated alkanes) is 1. The van der Waals surface area contributed by atoms with Crippen LogP contribution in [-0.4, -0.2) is 63.5 Å². The van der Waals surface area contributed by atoms with Crippen LogP contribution in [0.25, 0.3) is 0 Å². The molecule has 0 aromatic carbocycles. The lowest BCUT2D eigenvalue weighted by Gasteiger charge is -2.28. The molecule has 0 spiro atoms. The molecule has 1 atom stereocenters. The Morgan fingerprint density at radius 1 is 1.38 bits per heavy atom. The highest BCUT2D eigenvalue weighted by molar-refractivity contribution is 7.91. The maximum Gasteiger partial charge on any atom is 0.244 e. The highest BCUT2D eigenvalue weighted by Gasteiger charge is 2.35. The maximum atomic E-state index is 12.8. The summed E-state index contributed by atoms with van der Waals surface area (Å²) in [5, 5.41) is 11.6. The topological polar surface area (TPSA) is 98.1 Å². The van der Waals surface area contributed by atoms with Crippen LogP contribution in [0.15, 0.2) is 0 Å². The zero-order valence-corrected chi connectivity index (χ0v) is 15.7. The minimum atomic E-state index is -3.03. The van der Waals surface area contributed by atoms with Crippen LogP contribution in [0.2, 0.25) is 0 Å². The van der Waals surface area contributed by atoms with Gasteiger partial charge in [-0.05, 0) is 23.3 Å². The molecule has 1 unspecified atom stereocenters. The van der Waals surface area contributed by atoms with Crippen LogP contribution in [0.1, 0.15) is 52.8 Å². The van der Waals surface area contributed by atoms with Gasteiger partial charge in [0.1, 0.15) is 6.54 Å². The Labute approximate surface area is 143 Å². The van der Waals surface area contributed by atoms with E-state index in [4.69, 9.17) is 0 Å². The molecule has 1 aromatic heterocycles. The molecule has 1 aromatic rings. The fraction of sp³-hybridized carbons (Fsp3) is 0.867. The van der Waals surface area contributed by atoms with Crippen LogP contribution >= 0.6 is 0 Å². The number of sulfone groups is 1. The molecular weight excluding hydrogens is 330 g/mol.